The van der Waals surface area contributed by atoms with Gasteiger partial charge in [0.1, 0.15) is 5.75 Å². The first-order valence-electron chi connectivity index (χ1n) is 7.31. The predicted octanol–water partition coefficient (Wildman–Crippen LogP) is 5.63. The van der Waals surface area contributed by atoms with Crippen molar-refractivity contribution in [2.75, 3.05) is 0 Å². The Morgan fingerprint density at radius 3 is 2.05 bits per heavy atom. The summed E-state index contributed by atoms with van der Waals surface area (Å²) < 4.78 is 6.19. The zero-order valence-corrected chi connectivity index (χ0v) is 12.0. The van der Waals surface area contributed by atoms with Gasteiger partial charge in [-0.2, -0.15) is 0 Å². The molecule has 22 heavy (non-hydrogen) atoms. The minimum Gasteiger partial charge on any atom is -0.454 e. The smallest absolute Gasteiger partial charge is 0.160 e. The fraction of sp³-hybridized carbons (Fsp3) is 0. The van der Waals surface area contributed by atoms with E-state index >= 15 is 0 Å². The molecule has 2 heteroatoms. The van der Waals surface area contributed by atoms with E-state index in [1.54, 1.807) is 0 Å². The van der Waals surface area contributed by atoms with Gasteiger partial charge < -0.3 is 9.72 Å². The Morgan fingerprint density at radius 2 is 1.27 bits per heavy atom. The molecule has 4 aromatic rings. The summed E-state index contributed by atoms with van der Waals surface area (Å²) in [5.74, 6) is 1.71. The quantitative estimate of drug-likeness (QED) is 0.518. The van der Waals surface area contributed by atoms with Gasteiger partial charge >= 0.3 is 0 Å². The lowest BCUT2D eigenvalue weighted by atomic mass is 10.1. The van der Waals surface area contributed by atoms with Gasteiger partial charge in [0, 0.05) is 16.5 Å². The molecule has 0 amide bonds. The Balaban J connectivity index is 1.91. The highest BCUT2D eigenvalue weighted by Gasteiger charge is 2.14. The van der Waals surface area contributed by atoms with Gasteiger partial charge in [-0.15, -0.1) is 0 Å². The van der Waals surface area contributed by atoms with Crippen molar-refractivity contribution in [1.29, 1.82) is 0 Å². The van der Waals surface area contributed by atoms with Crippen LogP contribution in [0.15, 0.2) is 84.9 Å². The standard InChI is InChI=1S/C20H15NO/c1-3-9-15(10-4-1)19-20(22-16-11-5-2-6-12-16)17-13-7-8-14-18(17)21-19/h1-14,21H. The molecule has 0 radical (unpaired) electrons. The first-order chi connectivity index (χ1) is 10.9. The summed E-state index contributed by atoms with van der Waals surface area (Å²) in [5.41, 5.74) is 3.20. The Kier molecular flexibility index (Phi) is 3.13. The number of aromatic nitrogens is 1. The lowest BCUT2D eigenvalue weighted by molar-refractivity contribution is 0.490. The van der Waals surface area contributed by atoms with Crippen molar-refractivity contribution >= 4 is 10.9 Å². The molecule has 0 aliphatic carbocycles. The molecule has 0 atom stereocenters. The maximum absolute atomic E-state index is 6.19. The van der Waals surface area contributed by atoms with Gasteiger partial charge in [0.25, 0.3) is 0 Å². The zero-order chi connectivity index (χ0) is 14.8. The molecule has 0 spiro atoms. The Morgan fingerprint density at radius 1 is 0.636 bits per heavy atom. The molecule has 4 rings (SSSR count). The summed E-state index contributed by atoms with van der Waals surface area (Å²) in [6.07, 6.45) is 0. The van der Waals surface area contributed by atoms with E-state index in [1.807, 2.05) is 60.7 Å². The number of rotatable bonds is 3. The molecule has 0 saturated carbocycles. The van der Waals surface area contributed by atoms with Gasteiger partial charge in [0.2, 0.25) is 0 Å². The van der Waals surface area contributed by atoms with Crippen LogP contribution in [0.5, 0.6) is 11.5 Å². The molecule has 3 aromatic carbocycles. The highest BCUT2D eigenvalue weighted by Crippen LogP contribution is 2.39. The Hall–Kier alpha value is -3.00. The average Bonchev–Trinajstić information content (AvgIpc) is 2.95. The molecule has 106 valence electrons. The summed E-state index contributed by atoms with van der Waals surface area (Å²) in [7, 11) is 0. The number of benzene rings is 3. The van der Waals surface area contributed by atoms with Crippen molar-refractivity contribution < 1.29 is 4.74 Å². The predicted molar refractivity (Wildman–Crippen MR) is 90.3 cm³/mol. The number of fused-ring (bicyclic) bond motifs is 1. The Labute approximate surface area is 129 Å². The van der Waals surface area contributed by atoms with Crippen LogP contribution in [-0.4, -0.2) is 4.98 Å². The molecule has 0 aliphatic rings. The number of para-hydroxylation sites is 2. The summed E-state index contributed by atoms with van der Waals surface area (Å²) in [6, 6.07) is 28.3. The third-order valence-electron chi connectivity index (χ3n) is 3.68. The Bertz CT molecular complexity index is 895. The van der Waals surface area contributed by atoms with Crippen LogP contribution in [0.2, 0.25) is 0 Å². The topological polar surface area (TPSA) is 25.0 Å². The van der Waals surface area contributed by atoms with Crippen LogP contribution in [0.25, 0.3) is 22.2 Å². The molecule has 1 aromatic heterocycles. The molecule has 0 bridgehead atoms. The van der Waals surface area contributed by atoms with Crippen molar-refractivity contribution in [3.8, 4) is 22.8 Å². The van der Waals surface area contributed by atoms with E-state index in [1.165, 1.54) is 0 Å². The van der Waals surface area contributed by atoms with Gasteiger partial charge in [-0.05, 0) is 24.3 Å². The molecule has 2 nitrogen and oxygen atoms in total. The van der Waals surface area contributed by atoms with Gasteiger partial charge in [0.15, 0.2) is 5.75 Å². The van der Waals surface area contributed by atoms with Gasteiger partial charge in [-0.3, -0.25) is 0 Å². The largest absolute Gasteiger partial charge is 0.454 e. The average molecular weight is 285 g/mol. The van der Waals surface area contributed by atoms with Gasteiger partial charge in [0.05, 0.1) is 5.69 Å². The van der Waals surface area contributed by atoms with Crippen LogP contribution >= 0.6 is 0 Å². The first kappa shape index (κ1) is 12.7. The van der Waals surface area contributed by atoms with E-state index in [2.05, 4.69) is 29.2 Å². The number of aromatic amines is 1. The second-order valence-corrected chi connectivity index (χ2v) is 5.16. The number of hydrogen-bond donors (Lipinski definition) is 1. The summed E-state index contributed by atoms with van der Waals surface area (Å²) in [5, 5.41) is 1.09. The molecule has 1 N–H and O–H groups in total. The van der Waals surface area contributed by atoms with Crippen LogP contribution in [0.4, 0.5) is 0 Å². The highest BCUT2D eigenvalue weighted by molar-refractivity contribution is 5.94. The molecule has 0 saturated heterocycles. The van der Waals surface area contributed by atoms with Crippen LogP contribution in [-0.2, 0) is 0 Å². The van der Waals surface area contributed by atoms with Crippen LogP contribution in [0, 0.1) is 0 Å². The molecular formula is C20H15NO. The normalized spacial score (nSPS) is 10.7. The van der Waals surface area contributed by atoms with E-state index < -0.39 is 0 Å². The highest BCUT2D eigenvalue weighted by atomic mass is 16.5. The number of hydrogen-bond acceptors (Lipinski definition) is 1. The third-order valence-corrected chi connectivity index (χ3v) is 3.68. The van der Waals surface area contributed by atoms with E-state index in [0.717, 1.165) is 33.7 Å². The van der Waals surface area contributed by atoms with E-state index in [4.69, 9.17) is 4.74 Å². The van der Waals surface area contributed by atoms with Crippen molar-refractivity contribution in [3.63, 3.8) is 0 Å². The SMILES string of the molecule is c1ccc(Oc2c(-c3ccccc3)[nH]c3ccccc23)cc1. The monoisotopic (exact) mass is 285 g/mol. The minimum atomic E-state index is 0.837. The second-order valence-electron chi connectivity index (χ2n) is 5.16. The van der Waals surface area contributed by atoms with Crippen LogP contribution < -0.4 is 4.74 Å². The number of ether oxygens (including phenoxy) is 1. The van der Waals surface area contributed by atoms with Crippen molar-refractivity contribution in [3.05, 3.63) is 84.9 Å². The maximum atomic E-state index is 6.19. The molecule has 1 heterocycles. The lowest BCUT2D eigenvalue weighted by Gasteiger charge is -2.07. The van der Waals surface area contributed by atoms with E-state index in [9.17, 15) is 0 Å². The zero-order valence-electron chi connectivity index (χ0n) is 12.0. The minimum absolute atomic E-state index is 0.837. The van der Waals surface area contributed by atoms with Gasteiger partial charge in [-0.1, -0.05) is 60.7 Å². The maximum Gasteiger partial charge on any atom is 0.160 e. The fourth-order valence-corrected chi connectivity index (χ4v) is 2.64. The molecule has 0 aliphatic heterocycles. The molecule has 0 fully saturated rings. The molecule has 0 unspecified atom stereocenters. The van der Waals surface area contributed by atoms with E-state index in [-0.39, 0.29) is 0 Å². The summed E-state index contributed by atoms with van der Waals surface area (Å²) in [6.45, 7) is 0. The van der Waals surface area contributed by atoms with Crippen molar-refractivity contribution in [2.24, 2.45) is 0 Å². The lowest BCUT2D eigenvalue weighted by Crippen LogP contribution is -1.86. The van der Waals surface area contributed by atoms with Crippen molar-refractivity contribution in [2.45, 2.75) is 0 Å². The van der Waals surface area contributed by atoms with Crippen molar-refractivity contribution in [1.82, 2.24) is 4.98 Å². The number of H-pyrrole nitrogens is 1. The number of nitrogens with one attached hydrogen (secondary N) is 1. The van der Waals surface area contributed by atoms with Gasteiger partial charge in [-0.25, -0.2) is 0 Å². The summed E-state index contributed by atoms with van der Waals surface area (Å²) in [4.78, 5) is 3.48. The van der Waals surface area contributed by atoms with E-state index in [0.29, 0.717) is 0 Å². The first-order valence-corrected chi connectivity index (χ1v) is 7.31. The van der Waals surface area contributed by atoms with Crippen LogP contribution in [0.1, 0.15) is 0 Å². The summed E-state index contributed by atoms with van der Waals surface area (Å²) >= 11 is 0. The second kappa shape index (κ2) is 5.41. The third kappa shape index (κ3) is 2.25. The fourth-order valence-electron chi connectivity index (χ4n) is 2.64. The molecular weight excluding hydrogens is 270 g/mol. The van der Waals surface area contributed by atoms with Crippen LogP contribution in [0.3, 0.4) is 0 Å².